The number of nitrogens with zero attached hydrogens (tertiary/aromatic N) is 1. The maximum Gasteiger partial charge on any atom is 0.123 e. The molecule has 2 N–H and O–H groups in total. The lowest BCUT2D eigenvalue weighted by molar-refractivity contribution is 0.0946. The van der Waals surface area contributed by atoms with Crippen LogP contribution in [0.2, 0.25) is 0 Å². The van der Waals surface area contributed by atoms with Crippen molar-refractivity contribution in [3.8, 4) is 11.1 Å². The minimum atomic E-state index is -1.02. The zero-order valence-corrected chi connectivity index (χ0v) is 17.8. The lowest BCUT2D eigenvalue weighted by Crippen LogP contribution is -2.16. The number of hydrogen-bond acceptors (Lipinski definition) is 3. The Morgan fingerprint density at radius 1 is 0.964 bits per heavy atom. The van der Waals surface area contributed by atoms with Crippen molar-refractivity contribution in [3.63, 3.8) is 0 Å². The fourth-order valence-corrected chi connectivity index (χ4v) is 3.77. The first kappa shape index (κ1) is 22.5. The number of aliphatic hydroxyl groups is 2. The molecule has 2 rings (SSSR count). The number of pyridine rings is 1. The summed E-state index contributed by atoms with van der Waals surface area (Å²) in [5.41, 5.74) is 5.42. The first-order valence-electron chi connectivity index (χ1n) is 10.4. The average molecular weight is 388 g/mol. The van der Waals surface area contributed by atoms with Gasteiger partial charge >= 0.3 is 0 Å². The van der Waals surface area contributed by atoms with Crippen molar-refractivity contribution in [3.05, 3.63) is 52.6 Å². The highest BCUT2D eigenvalue weighted by Gasteiger charge is 2.27. The van der Waals surface area contributed by atoms with Crippen LogP contribution >= 0.6 is 0 Å². The Kier molecular flexibility index (Phi) is 8.14. The van der Waals surface area contributed by atoms with Crippen LogP contribution in [0.15, 0.2) is 24.3 Å². The summed E-state index contributed by atoms with van der Waals surface area (Å²) in [5.74, 6) is 0.0361. The van der Waals surface area contributed by atoms with Gasteiger partial charge in [0.25, 0.3) is 0 Å². The van der Waals surface area contributed by atoms with E-state index in [1.165, 1.54) is 12.1 Å². The molecule has 0 amide bonds. The molecule has 1 unspecified atom stereocenters. The van der Waals surface area contributed by atoms with Crippen molar-refractivity contribution >= 4 is 0 Å². The lowest BCUT2D eigenvalue weighted by atomic mass is 9.83. The van der Waals surface area contributed by atoms with Gasteiger partial charge in [-0.2, -0.15) is 0 Å². The highest BCUT2D eigenvalue weighted by atomic mass is 19.1. The Bertz CT molecular complexity index is 769. The van der Waals surface area contributed by atoms with Gasteiger partial charge in [0.15, 0.2) is 0 Å². The second-order valence-electron chi connectivity index (χ2n) is 8.12. The van der Waals surface area contributed by atoms with Crippen molar-refractivity contribution in [2.45, 2.75) is 78.2 Å². The number of aromatic nitrogens is 1. The van der Waals surface area contributed by atoms with Crippen LogP contribution in [0.4, 0.5) is 4.39 Å². The van der Waals surface area contributed by atoms with Crippen molar-refractivity contribution in [2.75, 3.05) is 6.61 Å². The Labute approximate surface area is 168 Å². The molecule has 0 spiro atoms. The van der Waals surface area contributed by atoms with E-state index in [4.69, 9.17) is 4.98 Å². The Morgan fingerprint density at radius 3 is 2.07 bits per heavy atom. The number of halogens is 1. The second kappa shape index (κ2) is 10.1. The van der Waals surface area contributed by atoms with Gasteiger partial charge in [-0.05, 0) is 53.5 Å². The molecule has 1 heterocycles. The molecule has 0 saturated carbocycles. The normalized spacial score (nSPS) is 12.8. The molecular weight excluding hydrogens is 353 g/mol. The van der Waals surface area contributed by atoms with Crippen LogP contribution in [0.1, 0.15) is 94.3 Å². The van der Waals surface area contributed by atoms with Crippen molar-refractivity contribution in [1.82, 2.24) is 4.98 Å². The van der Waals surface area contributed by atoms with E-state index in [9.17, 15) is 14.6 Å². The first-order valence-corrected chi connectivity index (χ1v) is 10.4. The van der Waals surface area contributed by atoms with E-state index in [0.29, 0.717) is 5.56 Å². The smallest absolute Gasteiger partial charge is 0.123 e. The van der Waals surface area contributed by atoms with E-state index in [-0.39, 0.29) is 24.3 Å². The minimum Gasteiger partial charge on any atom is -0.393 e. The van der Waals surface area contributed by atoms with E-state index in [1.54, 1.807) is 12.1 Å². The van der Waals surface area contributed by atoms with E-state index in [2.05, 4.69) is 20.8 Å². The molecule has 1 aromatic carbocycles. The van der Waals surface area contributed by atoms with Gasteiger partial charge in [0.2, 0.25) is 0 Å². The SMILES string of the molecule is CCCCCc1c(C(C)C)nc(C(C)C)c(C(O)CO)c1-c1ccc(F)cc1. The number of aliphatic hydroxyl groups excluding tert-OH is 2. The summed E-state index contributed by atoms with van der Waals surface area (Å²) < 4.78 is 13.6. The number of rotatable bonds is 9. The van der Waals surface area contributed by atoms with Crippen LogP contribution in [0.3, 0.4) is 0 Å². The van der Waals surface area contributed by atoms with E-state index in [1.807, 2.05) is 13.8 Å². The van der Waals surface area contributed by atoms with E-state index < -0.39 is 6.10 Å². The molecule has 0 saturated heterocycles. The zero-order valence-electron chi connectivity index (χ0n) is 17.8. The van der Waals surface area contributed by atoms with Crippen LogP contribution < -0.4 is 0 Å². The summed E-state index contributed by atoms with van der Waals surface area (Å²) in [6, 6.07) is 6.42. The van der Waals surface area contributed by atoms with Gasteiger partial charge < -0.3 is 10.2 Å². The van der Waals surface area contributed by atoms with Gasteiger partial charge in [-0.25, -0.2) is 4.39 Å². The fraction of sp³-hybridized carbons (Fsp3) is 0.542. The maximum absolute atomic E-state index is 13.6. The summed E-state index contributed by atoms with van der Waals surface area (Å²) in [5, 5.41) is 20.5. The molecule has 1 aromatic heterocycles. The zero-order chi connectivity index (χ0) is 20.8. The molecule has 2 aromatic rings. The number of unbranched alkanes of at least 4 members (excludes halogenated alkanes) is 2. The molecule has 0 aliphatic carbocycles. The minimum absolute atomic E-state index is 0.0950. The van der Waals surface area contributed by atoms with E-state index >= 15 is 0 Å². The molecule has 154 valence electrons. The summed E-state index contributed by atoms with van der Waals surface area (Å²) in [6.45, 7) is 10.2. The summed E-state index contributed by atoms with van der Waals surface area (Å²) in [4.78, 5) is 4.98. The standard InChI is InChI=1S/C24H34FNO2/c1-6-7-8-9-19-21(17-10-12-18(25)13-11-17)22(20(28)14-27)24(16(4)5)26-23(19)15(2)3/h10-13,15-16,20,27-28H,6-9,14H2,1-5H3. The van der Waals surface area contributed by atoms with Gasteiger partial charge in [0, 0.05) is 17.0 Å². The molecular formula is C24H34FNO2. The molecule has 0 aliphatic heterocycles. The molecule has 3 nitrogen and oxygen atoms in total. The predicted molar refractivity (Wildman–Crippen MR) is 113 cm³/mol. The van der Waals surface area contributed by atoms with E-state index in [0.717, 1.165) is 53.8 Å². The molecule has 28 heavy (non-hydrogen) atoms. The fourth-order valence-electron chi connectivity index (χ4n) is 3.77. The average Bonchev–Trinajstić information content (AvgIpc) is 2.67. The third-order valence-electron chi connectivity index (χ3n) is 5.16. The third kappa shape index (κ3) is 4.98. The molecule has 1 atom stereocenters. The van der Waals surface area contributed by atoms with Crippen LogP contribution in [0.25, 0.3) is 11.1 Å². The maximum atomic E-state index is 13.6. The van der Waals surface area contributed by atoms with Gasteiger partial charge in [-0.1, -0.05) is 59.6 Å². The van der Waals surface area contributed by atoms with Crippen LogP contribution in [0, 0.1) is 5.82 Å². The van der Waals surface area contributed by atoms with Gasteiger partial charge in [0.1, 0.15) is 11.9 Å². The Hall–Kier alpha value is -1.78. The number of hydrogen-bond donors (Lipinski definition) is 2. The van der Waals surface area contributed by atoms with Gasteiger partial charge in [-0.15, -0.1) is 0 Å². The monoisotopic (exact) mass is 387 g/mol. The third-order valence-corrected chi connectivity index (χ3v) is 5.16. The van der Waals surface area contributed by atoms with Crippen LogP contribution in [-0.4, -0.2) is 21.8 Å². The lowest BCUT2D eigenvalue weighted by Gasteiger charge is -2.27. The second-order valence-corrected chi connectivity index (χ2v) is 8.12. The topological polar surface area (TPSA) is 53.4 Å². The Morgan fingerprint density at radius 2 is 1.57 bits per heavy atom. The molecule has 0 fully saturated rings. The molecule has 0 radical (unpaired) electrons. The number of benzene rings is 1. The van der Waals surface area contributed by atoms with Crippen molar-refractivity contribution in [2.24, 2.45) is 0 Å². The molecule has 4 heteroatoms. The predicted octanol–water partition coefficient (Wildman–Crippen LogP) is 5.89. The summed E-state index contributed by atoms with van der Waals surface area (Å²) in [6.07, 6.45) is 3.10. The molecule has 0 aliphatic rings. The van der Waals surface area contributed by atoms with Gasteiger partial charge in [0.05, 0.1) is 6.61 Å². The quantitative estimate of drug-likeness (QED) is 0.527. The van der Waals surface area contributed by atoms with Crippen molar-refractivity contribution < 1.29 is 14.6 Å². The van der Waals surface area contributed by atoms with Crippen molar-refractivity contribution in [1.29, 1.82) is 0 Å². The largest absolute Gasteiger partial charge is 0.393 e. The van der Waals surface area contributed by atoms with Gasteiger partial charge in [-0.3, -0.25) is 4.98 Å². The summed E-state index contributed by atoms with van der Waals surface area (Å²) >= 11 is 0. The summed E-state index contributed by atoms with van der Waals surface area (Å²) in [7, 11) is 0. The highest BCUT2D eigenvalue weighted by Crippen LogP contribution is 2.40. The highest BCUT2D eigenvalue weighted by molar-refractivity contribution is 5.74. The van der Waals surface area contributed by atoms with Crippen LogP contribution in [0.5, 0.6) is 0 Å². The first-order chi connectivity index (χ1) is 13.3. The Balaban J connectivity index is 2.87. The van der Waals surface area contributed by atoms with Crippen LogP contribution in [-0.2, 0) is 6.42 Å². The molecule has 0 bridgehead atoms.